The minimum absolute atomic E-state index is 0.0298. The molecule has 0 aromatic carbocycles. The molecule has 1 heterocycles. The smallest absolute Gasteiger partial charge is 0.246 e. The molecule has 0 aliphatic carbocycles. The highest BCUT2D eigenvalue weighted by Gasteiger charge is 2.42. The van der Waals surface area contributed by atoms with E-state index in [-0.39, 0.29) is 61.9 Å². The van der Waals surface area contributed by atoms with Crippen molar-refractivity contribution >= 4 is 58.9 Å². The predicted octanol–water partition coefficient (Wildman–Crippen LogP) is 2.94. The summed E-state index contributed by atoms with van der Waals surface area (Å²) in [6, 6.07) is -5.99. The average molecular weight is 1140 g/mol. The van der Waals surface area contributed by atoms with Gasteiger partial charge in [0.25, 0.3) is 0 Å². The van der Waals surface area contributed by atoms with Crippen molar-refractivity contribution in [3.63, 3.8) is 0 Å². The van der Waals surface area contributed by atoms with Crippen LogP contribution >= 0.6 is 0 Å². The fraction of sp³-hybridized carbons (Fsp3) is 0.828. The standard InChI is InChI=1S/C58H106N10O12/c1-17-20-21-22-23-24-26-38(8)52(77)68-29-25-27-44(68)49(74)62-43(32-36(6)31-42(71)33-41(70)19-3)48(73)61-40(10)47(72)65-56(11,12)54(79)64-45(35(4)5)50(75)63-46(37(7)18-2)51(76)66-58(15,16)55(80)67-57(13,14)53(78)60-39(9)34-59-28-30-69/h35-40,42-46,59,69,71H,17-34H2,1-16H3,(H,60,78)(H,61,73)(H,62,74)(H,63,75)(H,64,79)(H,65,72)(H,66,76)(H,67,80). The maximum Gasteiger partial charge on any atom is 0.246 e. The van der Waals surface area contributed by atoms with Crippen molar-refractivity contribution < 1.29 is 58.2 Å². The van der Waals surface area contributed by atoms with Crippen molar-refractivity contribution in [2.24, 2.45) is 23.7 Å². The van der Waals surface area contributed by atoms with E-state index in [1.807, 2.05) is 13.8 Å². The van der Waals surface area contributed by atoms with Crippen LogP contribution in [0.25, 0.3) is 0 Å². The van der Waals surface area contributed by atoms with Crippen LogP contribution in [0.15, 0.2) is 0 Å². The maximum atomic E-state index is 14.1. The van der Waals surface area contributed by atoms with Crippen LogP contribution in [0.1, 0.15) is 201 Å². The van der Waals surface area contributed by atoms with Crippen molar-refractivity contribution in [1.82, 2.24) is 52.8 Å². The summed E-state index contributed by atoms with van der Waals surface area (Å²) < 4.78 is 0. The second-order valence-electron chi connectivity index (χ2n) is 24.4. The van der Waals surface area contributed by atoms with Gasteiger partial charge in [-0.25, -0.2) is 0 Å². The fourth-order valence-electron chi connectivity index (χ4n) is 9.34. The van der Waals surface area contributed by atoms with Crippen molar-refractivity contribution in [3.05, 3.63) is 0 Å². The number of ketones is 1. The van der Waals surface area contributed by atoms with Crippen LogP contribution in [0.4, 0.5) is 0 Å². The van der Waals surface area contributed by atoms with Crippen molar-refractivity contribution in [2.45, 2.75) is 260 Å². The number of aliphatic hydroxyl groups is 2. The van der Waals surface area contributed by atoms with Gasteiger partial charge >= 0.3 is 0 Å². The Morgan fingerprint density at radius 1 is 0.625 bits per heavy atom. The Kier molecular flexibility index (Phi) is 31.8. The Bertz CT molecular complexity index is 2050. The first-order valence-corrected chi connectivity index (χ1v) is 29.5. The van der Waals surface area contributed by atoms with Crippen LogP contribution < -0.4 is 47.9 Å². The molecule has 1 fully saturated rings. The zero-order valence-electron chi connectivity index (χ0n) is 51.5. The van der Waals surface area contributed by atoms with Crippen molar-refractivity contribution in [1.29, 1.82) is 0 Å². The maximum absolute atomic E-state index is 14.1. The molecule has 0 spiro atoms. The van der Waals surface area contributed by atoms with Gasteiger partial charge in [-0.2, -0.15) is 0 Å². The molecule has 0 aromatic rings. The number of rotatable bonds is 38. The molecule has 1 rings (SSSR count). The fourth-order valence-corrected chi connectivity index (χ4v) is 9.34. The molecule has 80 heavy (non-hydrogen) atoms. The van der Waals surface area contributed by atoms with E-state index in [1.165, 1.54) is 54.9 Å². The number of hydrogen-bond donors (Lipinski definition) is 11. The Labute approximate surface area is 477 Å². The number of aliphatic hydroxyl groups excluding tert-OH is 2. The van der Waals surface area contributed by atoms with Gasteiger partial charge in [-0.3, -0.25) is 47.9 Å². The lowest BCUT2D eigenvalue weighted by Crippen LogP contribution is -2.66. The summed E-state index contributed by atoms with van der Waals surface area (Å²) in [5.74, 6) is -7.20. The van der Waals surface area contributed by atoms with Crippen LogP contribution in [0.2, 0.25) is 0 Å². The lowest BCUT2D eigenvalue weighted by Gasteiger charge is -2.35. The topological polar surface area (TPSA) is 323 Å². The third-order valence-electron chi connectivity index (χ3n) is 15.0. The lowest BCUT2D eigenvalue weighted by atomic mass is 9.92. The van der Waals surface area contributed by atoms with E-state index in [4.69, 9.17) is 5.11 Å². The minimum Gasteiger partial charge on any atom is -0.395 e. The molecule has 1 saturated heterocycles. The zero-order valence-corrected chi connectivity index (χ0v) is 51.5. The van der Waals surface area contributed by atoms with Gasteiger partial charge in [0.15, 0.2) is 0 Å². The van der Waals surface area contributed by atoms with E-state index in [0.29, 0.717) is 45.3 Å². The number of nitrogens with one attached hydrogen (secondary N) is 9. The summed E-state index contributed by atoms with van der Waals surface area (Å²) in [6.45, 7) is 27.5. The summed E-state index contributed by atoms with van der Waals surface area (Å²) in [7, 11) is 0. The molecular formula is C58H106N10O12. The Morgan fingerprint density at radius 3 is 1.79 bits per heavy atom. The first-order valence-electron chi connectivity index (χ1n) is 29.5. The largest absolute Gasteiger partial charge is 0.395 e. The molecule has 10 unspecified atom stereocenters. The van der Waals surface area contributed by atoms with Gasteiger partial charge in [-0.15, -0.1) is 0 Å². The van der Waals surface area contributed by atoms with Crippen LogP contribution in [0, 0.1) is 23.7 Å². The van der Waals surface area contributed by atoms with Gasteiger partial charge < -0.3 is 63.0 Å². The molecule has 1 aliphatic rings. The van der Waals surface area contributed by atoms with Gasteiger partial charge in [-0.05, 0) is 105 Å². The van der Waals surface area contributed by atoms with Crippen LogP contribution in [-0.4, -0.2) is 159 Å². The highest BCUT2D eigenvalue weighted by atomic mass is 16.3. The number of carbonyl (C=O) groups is 10. The number of hydrogen-bond acceptors (Lipinski definition) is 13. The van der Waals surface area contributed by atoms with Gasteiger partial charge in [0.1, 0.15) is 52.6 Å². The second-order valence-corrected chi connectivity index (χ2v) is 24.4. The third-order valence-corrected chi connectivity index (χ3v) is 15.0. The summed E-state index contributed by atoms with van der Waals surface area (Å²) in [6.07, 6.45) is 8.08. The molecule has 0 aromatic heterocycles. The number of Topliss-reactive ketones (excluding diaryl/α,β-unsaturated/α-hetero) is 1. The van der Waals surface area contributed by atoms with E-state index in [0.717, 1.165) is 32.1 Å². The highest BCUT2D eigenvalue weighted by molar-refractivity contribution is 6.00. The van der Waals surface area contributed by atoms with E-state index < -0.39 is 112 Å². The molecule has 22 nitrogen and oxygen atoms in total. The highest BCUT2D eigenvalue weighted by Crippen LogP contribution is 2.24. The average Bonchev–Trinajstić information content (AvgIpc) is 3.87. The number of likely N-dealkylation sites (tertiary alicyclic amines) is 1. The Morgan fingerprint density at radius 2 is 1.20 bits per heavy atom. The minimum atomic E-state index is -1.67. The number of carbonyl (C=O) groups excluding carboxylic acids is 10. The van der Waals surface area contributed by atoms with E-state index in [9.17, 15) is 53.1 Å². The summed E-state index contributed by atoms with van der Waals surface area (Å²) in [5.41, 5.74) is -4.64. The second kappa shape index (κ2) is 34.9. The Hall–Kier alpha value is -5.22. The van der Waals surface area contributed by atoms with Gasteiger partial charge in [0.05, 0.1) is 12.7 Å². The molecule has 460 valence electrons. The summed E-state index contributed by atoms with van der Waals surface area (Å²) in [5, 5.41) is 44.6. The van der Waals surface area contributed by atoms with Gasteiger partial charge in [0, 0.05) is 44.4 Å². The molecule has 9 amide bonds. The first kappa shape index (κ1) is 72.8. The third kappa shape index (κ3) is 24.9. The zero-order chi connectivity index (χ0) is 61.3. The molecule has 0 radical (unpaired) electrons. The molecular weight excluding hydrogens is 1030 g/mol. The number of nitrogens with zero attached hydrogens (tertiary/aromatic N) is 1. The molecule has 0 saturated carbocycles. The van der Waals surface area contributed by atoms with Crippen LogP contribution in [0.3, 0.4) is 0 Å². The van der Waals surface area contributed by atoms with Gasteiger partial charge in [-0.1, -0.05) is 100 Å². The Balaban J connectivity index is 3.22. The monoisotopic (exact) mass is 1130 g/mol. The quantitative estimate of drug-likeness (QED) is 0.0397. The van der Waals surface area contributed by atoms with Gasteiger partial charge in [0.2, 0.25) is 53.2 Å². The lowest BCUT2D eigenvalue weighted by molar-refractivity contribution is -0.142. The molecule has 1 aliphatic heterocycles. The molecule has 10 atom stereocenters. The van der Waals surface area contributed by atoms with Crippen molar-refractivity contribution in [2.75, 3.05) is 26.2 Å². The molecule has 11 N–H and O–H groups in total. The van der Waals surface area contributed by atoms with E-state index >= 15 is 0 Å². The SMILES string of the molecule is CCCCCCCCC(C)C(=O)N1CCCC1C(=O)NC(CC(C)CC(O)CC(=O)CC)C(=O)NC(C)C(=O)NC(C)(C)C(=O)NC(C(=O)NC(C(=O)NC(C)(C)C(=O)NC(C)(C)C(=O)NC(C)CNCCO)C(C)CC)C(C)C. The summed E-state index contributed by atoms with van der Waals surface area (Å²) in [4.78, 5) is 138. The molecule has 0 bridgehead atoms. The first-order chi connectivity index (χ1) is 37.2. The normalized spacial score (nSPS) is 17.3. The van der Waals surface area contributed by atoms with Crippen molar-refractivity contribution in [3.8, 4) is 0 Å². The predicted molar refractivity (Wildman–Crippen MR) is 308 cm³/mol. The molecule has 22 heteroatoms. The number of unbranched alkanes of at least 4 members (excludes halogenated alkanes) is 5. The van der Waals surface area contributed by atoms with Crippen LogP contribution in [0.5, 0.6) is 0 Å². The van der Waals surface area contributed by atoms with E-state index in [1.54, 1.807) is 46.4 Å². The number of amides is 9. The summed E-state index contributed by atoms with van der Waals surface area (Å²) >= 11 is 0. The van der Waals surface area contributed by atoms with E-state index in [2.05, 4.69) is 54.8 Å². The van der Waals surface area contributed by atoms with Crippen LogP contribution in [-0.2, 0) is 47.9 Å².